The summed E-state index contributed by atoms with van der Waals surface area (Å²) in [5.41, 5.74) is 7.10. The summed E-state index contributed by atoms with van der Waals surface area (Å²) >= 11 is 0. The van der Waals surface area contributed by atoms with Gasteiger partial charge in [0, 0.05) is 13.0 Å². The summed E-state index contributed by atoms with van der Waals surface area (Å²) in [6.07, 6.45) is -1.03. The number of phenols is 2. The molecule has 3 rings (SSSR count). The van der Waals surface area contributed by atoms with Gasteiger partial charge in [-0.1, -0.05) is 38.1 Å². The Balaban J connectivity index is 1.52. The van der Waals surface area contributed by atoms with Crippen LogP contribution in [0.1, 0.15) is 31.4 Å². The van der Waals surface area contributed by atoms with Crippen molar-refractivity contribution in [1.29, 1.82) is 0 Å². The number of hydrogen-bond acceptors (Lipinski definition) is 7. The second kappa shape index (κ2) is 12.9. The van der Waals surface area contributed by atoms with E-state index in [1.807, 2.05) is 13.8 Å². The van der Waals surface area contributed by atoms with Crippen LogP contribution in [0.15, 0.2) is 48.5 Å². The van der Waals surface area contributed by atoms with E-state index >= 15 is 0 Å². The number of epoxide rings is 1. The van der Waals surface area contributed by atoms with E-state index in [9.17, 15) is 29.4 Å². The van der Waals surface area contributed by atoms with Gasteiger partial charge in [-0.15, -0.1) is 0 Å². The Labute approximate surface area is 220 Å². The Morgan fingerprint density at radius 1 is 0.842 bits per heavy atom. The molecule has 1 fully saturated rings. The Hall–Kier alpha value is -4.12. The minimum atomic E-state index is -1.03. The van der Waals surface area contributed by atoms with Crippen molar-refractivity contribution in [3.63, 3.8) is 0 Å². The van der Waals surface area contributed by atoms with Gasteiger partial charge >= 0.3 is 0 Å². The average Bonchev–Trinajstić information content (AvgIpc) is 3.66. The number of nitrogens with two attached hydrogens (primary N) is 1. The molecular formula is C27H34N4O7. The van der Waals surface area contributed by atoms with Gasteiger partial charge in [0.25, 0.3) is 11.8 Å². The summed E-state index contributed by atoms with van der Waals surface area (Å²) in [6, 6.07) is 10.8. The summed E-state index contributed by atoms with van der Waals surface area (Å²) in [6.45, 7) is 4.09. The van der Waals surface area contributed by atoms with Crippen LogP contribution in [-0.4, -0.2) is 64.7 Å². The number of ether oxygens (including phenoxy) is 1. The molecule has 0 spiro atoms. The van der Waals surface area contributed by atoms with Gasteiger partial charge in [0.2, 0.25) is 11.8 Å². The zero-order chi connectivity index (χ0) is 27.8. The molecule has 7 N–H and O–H groups in total. The topological polar surface area (TPSA) is 183 Å². The van der Waals surface area contributed by atoms with E-state index in [2.05, 4.69) is 16.0 Å². The highest BCUT2D eigenvalue weighted by Crippen LogP contribution is 2.23. The molecule has 1 aliphatic rings. The van der Waals surface area contributed by atoms with Crippen molar-refractivity contribution in [2.75, 3.05) is 6.54 Å². The summed E-state index contributed by atoms with van der Waals surface area (Å²) in [5.74, 6) is -2.09. The first-order valence-electron chi connectivity index (χ1n) is 12.4. The van der Waals surface area contributed by atoms with Gasteiger partial charge in [0.15, 0.2) is 12.2 Å². The van der Waals surface area contributed by atoms with Crippen LogP contribution >= 0.6 is 0 Å². The van der Waals surface area contributed by atoms with Crippen LogP contribution in [-0.2, 0) is 36.8 Å². The molecule has 1 unspecified atom stereocenters. The lowest BCUT2D eigenvalue weighted by atomic mass is 10.0. The standard InChI is InChI=1S/C27H34N4O7/c1-15(2)13-21(25(35)30-20(24(28)34)14-17-5-9-19(33)10-6-17)31-27(37)23-22(38-23)26(36)29-12-11-16-3-7-18(32)8-4-16/h3-10,15,20-23,32-33H,11-14H2,1-2H3,(H2,28,34)(H,29,36)(H,30,35)(H,31,37)/t20-,21-,22+,23?/m0/s1. The van der Waals surface area contributed by atoms with Crippen molar-refractivity contribution < 1.29 is 34.1 Å². The number of aromatic hydroxyl groups is 2. The fourth-order valence-electron chi connectivity index (χ4n) is 3.92. The van der Waals surface area contributed by atoms with E-state index in [1.54, 1.807) is 36.4 Å². The number of primary amides is 1. The second-order valence-corrected chi connectivity index (χ2v) is 9.71. The van der Waals surface area contributed by atoms with Crippen LogP contribution in [0, 0.1) is 5.92 Å². The normalized spacial score (nSPS) is 17.8. The van der Waals surface area contributed by atoms with Gasteiger partial charge in [0.05, 0.1) is 0 Å². The molecule has 11 nitrogen and oxygen atoms in total. The molecule has 1 heterocycles. The summed E-state index contributed by atoms with van der Waals surface area (Å²) in [5, 5.41) is 26.7. The summed E-state index contributed by atoms with van der Waals surface area (Å²) in [7, 11) is 0. The van der Waals surface area contributed by atoms with Gasteiger partial charge in [-0.2, -0.15) is 0 Å². The summed E-state index contributed by atoms with van der Waals surface area (Å²) < 4.78 is 5.27. The van der Waals surface area contributed by atoms with E-state index in [4.69, 9.17) is 10.5 Å². The highest BCUT2D eigenvalue weighted by molar-refractivity contribution is 5.97. The van der Waals surface area contributed by atoms with Gasteiger partial charge in [0.1, 0.15) is 23.6 Å². The maximum atomic E-state index is 13.0. The number of carbonyl (C=O) groups excluding carboxylic acids is 4. The molecule has 11 heteroatoms. The van der Waals surface area contributed by atoms with Crippen LogP contribution in [0.3, 0.4) is 0 Å². The number of rotatable bonds is 13. The Bertz CT molecular complexity index is 1140. The van der Waals surface area contributed by atoms with Crippen molar-refractivity contribution in [2.24, 2.45) is 11.7 Å². The molecule has 0 bridgehead atoms. The maximum absolute atomic E-state index is 13.0. The average molecular weight is 527 g/mol. The van der Waals surface area contributed by atoms with Crippen molar-refractivity contribution in [3.8, 4) is 11.5 Å². The highest BCUT2D eigenvalue weighted by Gasteiger charge is 2.50. The largest absolute Gasteiger partial charge is 0.508 e. The van der Waals surface area contributed by atoms with Gasteiger partial charge in [-0.05, 0) is 54.2 Å². The van der Waals surface area contributed by atoms with E-state index in [1.165, 1.54) is 12.1 Å². The molecule has 0 saturated carbocycles. The smallest absolute Gasteiger partial charge is 0.253 e. The van der Waals surface area contributed by atoms with E-state index in [-0.39, 0.29) is 23.8 Å². The zero-order valence-electron chi connectivity index (χ0n) is 21.3. The molecule has 1 aliphatic heterocycles. The van der Waals surface area contributed by atoms with Crippen molar-refractivity contribution in [3.05, 3.63) is 59.7 Å². The quantitative estimate of drug-likeness (QED) is 0.202. The molecule has 4 atom stereocenters. The monoisotopic (exact) mass is 526 g/mol. The van der Waals surface area contributed by atoms with Crippen LogP contribution in [0.5, 0.6) is 11.5 Å². The second-order valence-electron chi connectivity index (χ2n) is 9.71. The zero-order valence-corrected chi connectivity index (χ0v) is 21.3. The van der Waals surface area contributed by atoms with Crippen LogP contribution in [0.25, 0.3) is 0 Å². The Morgan fingerprint density at radius 2 is 1.39 bits per heavy atom. The fourth-order valence-corrected chi connectivity index (χ4v) is 3.92. The maximum Gasteiger partial charge on any atom is 0.253 e. The van der Waals surface area contributed by atoms with Gasteiger partial charge in [-0.3, -0.25) is 19.2 Å². The number of hydrogen-bond donors (Lipinski definition) is 6. The molecule has 38 heavy (non-hydrogen) atoms. The first-order valence-corrected chi connectivity index (χ1v) is 12.4. The lowest BCUT2D eigenvalue weighted by Crippen LogP contribution is -2.54. The molecular weight excluding hydrogens is 492 g/mol. The first-order chi connectivity index (χ1) is 18.0. The predicted molar refractivity (Wildman–Crippen MR) is 138 cm³/mol. The van der Waals surface area contributed by atoms with Crippen LogP contribution in [0.2, 0.25) is 0 Å². The number of phenolic OH excluding ortho intramolecular Hbond substituents is 2. The molecule has 2 aromatic carbocycles. The Kier molecular flexibility index (Phi) is 9.66. The lowest BCUT2D eigenvalue weighted by Gasteiger charge is -2.23. The highest BCUT2D eigenvalue weighted by atomic mass is 16.6. The van der Waals surface area contributed by atoms with Crippen LogP contribution in [0.4, 0.5) is 0 Å². The minimum absolute atomic E-state index is 0.0364. The molecule has 0 aromatic heterocycles. The van der Waals surface area contributed by atoms with Crippen molar-refractivity contribution in [1.82, 2.24) is 16.0 Å². The molecule has 0 radical (unpaired) electrons. The first kappa shape index (κ1) is 28.5. The number of carbonyl (C=O) groups is 4. The molecule has 0 aliphatic carbocycles. The molecule has 1 saturated heterocycles. The van der Waals surface area contributed by atoms with E-state index in [0.29, 0.717) is 24.9 Å². The predicted octanol–water partition coefficient (Wildman–Crippen LogP) is 0.268. The van der Waals surface area contributed by atoms with Crippen LogP contribution < -0.4 is 21.7 Å². The fraction of sp³-hybridized carbons (Fsp3) is 0.407. The number of amides is 4. The van der Waals surface area contributed by atoms with Crippen molar-refractivity contribution in [2.45, 2.75) is 57.4 Å². The SMILES string of the molecule is CC(C)C[C@H](NC(=O)C1O[C@H]1C(=O)NCCc1ccc(O)cc1)C(=O)N[C@@H](Cc1ccc(O)cc1)C(N)=O. The van der Waals surface area contributed by atoms with E-state index < -0.39 is 47.9 Å². The number of nitrogens with one attached hydrogen (secondary N) is 3. The van der Waals surface area contributed by atoms with Gasteiger partial charge in [-0.25, -0.2) is 0 Å². The van der Waals surface area contributed by atoms with Crippen molar-refractivity contribution >= 4 is 23.6 Å². The third-order valence-corrected chi connectivity index (χ3v) is 6.03. The summed E-state index contributed by atoms with van der Waals surface area (Å²) in [4.78, 5) is 50.1. The third-order valence-electron chi connectivity index (χ3n) is 6.03. The van der Waals surface area contributed by atoms with E-state index in [0.717, 1.165) is 5.56 Å². The lowest BCUT2D eigenvalue weighted by molar-refractivity contribution is -0.132. The number of benzene rings is 2. The minimum Gasteiger partial charge on any atom is -0.508 e. The molecule has 2 aromatic rings. The molecule has 204 valence electrons. The molecule has 4 amide bonds. The van der Waals surface area contributed by atoms with Gasteiger partial charge < -0.3 is 36.6 Å². The Morgan fingerprint density at radius 3 is 1.95 bits per heavy atom. The third kappa shape index (κ3) is 8.48.